The van der Waals surface area contributed by atoms with Gasteiger partial charge in [-0.25, -0.2) is 0 Å². The predicted molar refractivity (Wildman–Crippen MR) is 129 cm³/mol. The molecule has 0 fully saturated rings. The molecule has 1 atom stereocenters. The lowest BCUT2D eigenvalue weighted by Crippen LogP contribution is -2.47. The molecule has 0 aliphatic heterocycles. The Bertz CT molecular complexity index is 868. The Kier molecular flexibility index (Phi) is 10.4. The van der Waals surface area contributed by atoms with Crippen molar-refractivity contribution in [1.82, 2.24) is 10.2 Å². The number of rotatable bonds is 11. The minimum absolute atomic E-state index is 0.0659. The molecule has 0 aliphatic carbocycles. The molecule has 2 amide bonds. The van der Waals surface area contributed by atoms with Crippen LogP contribution >= 0.6 is 23.2 Å². The fourth-order valence-electron chi connectivity index (χ4n) is 3.29. The van der Waals surface area contributed by atoms with E-state index < -0.39 is 6.04 Å². The number of nitrogens with zero attached hydrogens (tertiary/aromatic N) is 1. The third-order valence-corrected chi connectivity index (χ3v) is 6.13. The number of unbranched alkanes of at least 4 members (excludes halogenated alkanes) is 1. The number of benzene rings is 2. The smallest absolute Gasteiger partial charge is 0.242 e. The maximum absolute atomic E-state index is 13.2. The van der Waals surface area contributed by atoms with Crippen molar-refractivity contribution in [3.8, 4) is 0 Å². The fraction of sp³-hybridized carbons (Fsp3) is 0.440. The molecule has 0 aromatic heterocycles. The first-order valence-electron chi connectivity index (χ1n) is 10.9. The SMILES string of the molecule is CCCCNC(=O)[C@H](C)N(Cc1ccc(Cl)c(Cl)c1)C(=O)CCc1ccc(CC)cc1. The van der Waals surface area contributed by atoms with Crippen LogP contribution in [0.5, 0.6) is 0 Å². The average molecular weight is 463 g/mol. The van der Waals surface area contributed by atoms with Crippen LogP contribution in [0, 0.1) is 0 Å². The van der Waals surface area contributed by atoms with Crippen LogP contribution in [0.15, 0.2) is 42.5 Å². The summed E-state index contributed by atoms with van der Waals surface area (Å²) in [7, 11) is 0. The summed E-state index contributed by atoms with van der Waals surface area (Å²) >= 11 is 12.2. The van der Waals surface area contributed by atoms with Gasteiger partial charge in [0.2, 0.25) is 11.8 Å². The molecule has 6 heteroatoms. The van der Waals surface area contributed by atoms with E-state index >= 15 is 0 Å². The molecule has 31 heavy (non-hydrogen) atoms. The summed E-state index contributed by atoms with van der Waals surface area (Å²) in [6.45, 7) is 6.87. The van der Waals surface area contributed by atoms with Crippen LogP contribution in [0.25, 0.3) is 0 Å². The van der Waals surface area contributed by atoms with E-state index in [-0.39, 0.29) is 11.8 Å². The fourth-order valence-corrected chi connectivity index (χ4v) is 3.61. The molecule has 0 bridgehead atoms. The van der Waals surface area contributed by atoms with Gasteiger partial charge < -0.3 is 10.2 Å². The van der Waals surface area contributed by atoms with Gasteiger partial charge in [0.05, 0.1) is 10.0 Å². The van der Waals surface area contributed by atoms with E-state index in [0.717, 1.165) is 30.4 Å². The highest BCUT2D eigenvalue weighted by Gasteiger charge is 2.26. The minimum atomic E-state index is -0.582. The van der Waals surface area contributed by atoms with Gasteiger partial charge in [-0.15, -0.1) is 0 Å². The third-order valence-electron chi connectivity index (χ3n) is 5.39. The second kappa shape index (κ2) is 12.7. The summed E-state index contributed by atoms with van der Waals surface area (Å²) in [5.74, 6) is -0.210. The molecule has 0 saturated carbocycles. The first-order valence-corrected chi connectivity index (χ1v) is 11.7. The second-order valence-electron chi connectivity index (χ2n) is 7.76. The van der Waals surface area contributed by atoms with E-state index in [1.165, 1.54) is 5.56 Å². The Labute approximate surface area is 195 Å². The van der Waals surface area contributed by atoms with Crippen molar-refractivity contribution in [2.75, 3.05) is 6.54 Å². The Morgan fingerprint density at radius 3 is 2.23 bits per heavy atom. The second-order valence-corrected chi connectivity index (χ2v) is 8.58. The molecule has 0 radical (unpaired) electrons. The van der Waals surface area contributed by atoms with Crippen LogP contribution in [-0.4, -0.2) is 29.3 Å². The highest BCUT2D eigenvalue weighted by atomic mass is 35.5. The van der Waals surface area contributed by atoms with Crippen molar-refractivity contribution in [2.45, 2.75) is 65.5 Å². The molecule has 2 rings (SSSR count). The normalized spacial score (nSPS) is 11.8. The molecule has 0 spiro atoms. The van der Waals surface area contributed by atoms with Crippen molar-refractivity contribution in [1.29, 1.82) is 0 Å². The Morgan fingerprint density at radius 2 is 1.61 bits per heavy atom. The zero-order chi connectivity index (χ0) is 22.8. The van der Waals surface area contributed by atoms with Gasteiger partial charge in [-0.05, 0) is 55.0 Å². The summed E-state index contributed by atoms with van der Waals surface area (Å²) < 4.78 is 0. The number of carbonyl (C=O) groups excluding carboxylic acids is 2. The lowest BCUT2D eigenvalue weighted by molar-refractivity contribution is -0.140. The topological polar surface area (TPSA) is 49.4 Å². The number of hydrogen-bond acceptors (Lipinski definition) is 2. The van der Waals surface area contributed by atoms with Crippen LogP contribution < -0.4 is 5.32 Å². The van der Waals surface area contributed by atoms with Crippen LogP contribution in [0.2, 0.25) is 10.0 Å². The van der Waals surface area contributed by atoms with Crippen LogP contribution in [0.1, 0.15) is 56.7 Å². The average Bonchev–Trinajstić information content (AvgIpc) is 2.78. The maximum Gasteiger partial charge on any atom is 0.242 e. The Hall–Kier alpha value is -2.04. The summed E-state index contributed by atoms with van der Waals surface area (Å²) in [6.07, 6.45) is 3.86. The largest absolute Gasteiger partial charge is 0.354 e. The van der Waals surface area contributed by atoms with Crippen molar-refractivity contribution in [3.63, 3.8) is 0 Å². The van der Waals surface area contributed by atoms with Gasteiger partial charge >= 0.3 is 0 Å². The van der Waals surface area contributed by atoms with E-state index in [9.17, 15) is 9.59 Å². The van der Waals surface area contributed by atoms with Gasteiger partial charge in [-0.2, -0.15) is 0 Å². The van der Waals surface area contributed by atoms with E-state index in [1.807, 2.05) is 6.07 Å². The van der Waals surface area contributed by atoms with Crippen molar-refractivity contribution in [2.24, 2.45) is 0 Å². The van der Waals surface area contributed by atoms with Crippen molar-refractivity contribution in [3.05, 3.63) is 69.2 Å². The molecular formula is C25H32Cl2N2O2. The van der Waals surface area contributed by atoms with Gasteiger partial charge in [-0.1, -0.05) is 73.8 Å². The summed E-state index contributed by atoms with van der Waals surface area (Å²) in [4.78, 5) is 27.5. The Morgan fingerprint density at radius 1 is 0.968 bits per heavy atom. The molecule has 0 heterocycles. The Balaban J connectivity index is 2.12. The molecule has 0 unspecified atom stereocenters. The van der Waals surface area contributed by atoms with Gasteiger partial charge in [0, 0.05) is 19.5 Å². The summed E-state index contributed by atoms with van der Waals surface area (Å²) in [5, 5.41) is 3.83. The molecule has 168 valence electrons. The van der Waals surface area contributed by atoms with Crippen molar-refractivity contribution < 1.29 is 9.59 Å². The minimum Gasteiger partial charge on any atom is -0.354 e. The first-order chi connectivity index (χ1) is 14.8. The summed E-state index contributed by atoms with van der Waals surface area (Å²) in [6, 6.07) is 13.0. The number of carbonyl (C=O) groups is 2. The molecule has 4 nitrogen and oxygen atoms in total. The first kappa shape index (κ1) is 25.2. The molecule has 1 N–H and O–H groups in total. The van der Waals surface area contributed by atoms with Crippen LogP contribution in [0.3, 0.4) is 0 Å². The number of halogens is 2. The zero-order valence-corrected chi connectivity index (χ0v) is 20.1. The third kappa shape index (κ3) is 7.86. The van der Waals surface area contributed by atoms with Crippen molar-refractivity contribution >= 4 is 35.0 Å². The molecule has 0 saturated heterocycles. The molecule has 0 aliphatic rings. The quantitative estimate of drug-likeness (QED) is 0.427. The van der Waals surface area contributed by atoms with E-state index in [1.54, 1.807) is 24.0 Å². The van der Waals surface area contributed by atoms with Gasteiger partial charge in [-0.3, -0.25) is 9.59 Å². The highest BCUT2D eigenvalue weighted by Crippen LogP contribution is 2.24. The summed E-state index contributed by atoms with van der Waals surface area (Å²) in [5.41, 5.74) is 3.22. The molecular weight excluding hydrogens is 431 g/mol. The van der Waals surface area contributed by atoms with E-state index in [2.05, 4.69) is 43.4 Å². The van der Waals surface area contributed by atoms with Crippen LogP contribution in [-0.2, 0) is 29.0 Å². The standard InChI is InChI=1S/C25H32Cl2N2O2/c1-4-6-15-28-25(31)18(3)29(17-21-11-13-22(26)23(27)16-21)24(30)14-12-20-9-7-19(5-2)8-10-20/h7-11,13,16,18H,4-6,12,14-15,17H2,1-3H3,(H,28,31)/t18-/m0/s1. The van der Waals surface area contributed by atoms with Crippen LogP contribution in [0.4, 0.5) is 0 Å². The number of nitrogens with one attached hydrogen (secondary N) is 1. The predicted octanol–water partition coefficient (Wildman–Crippen LogP) is 5.82. The zero-order valence-electron chi connectivity index (χ0n) is 18.6. The van der Waals surface area contributed by atoms with Gasteiger partial charge in [0.25, 0.3) is 0 Å². The lowest BCUT2D eigenvalue weighted by Gasteiger charge is -2.29. The maximum atomic E-state index is 13.2. The number of amides is 2. The number of hydrogen-bond donors (Lipinski definition) is 1. The lowest BCUT2D eigenvalue weighted by atomic mass is 10.0. The van der Waals surface area contributed by atoms with E-state index in [4.69, 9.17) is 23.2 Å². The molecule has 2 aromatic carbocycles. The highest BCUT2D eigenvalue weighted by molar-refractivity contribution is 6.42. The van der Waals surface area contributed by atoms with Gasteiger partial charge in [0.1, 0.15) is 6.04 Å². The monoisotopic (exact) mass is 462 g/mol. The van der Waals surface area contributed by atoms with E-state index in [0.29, 0.717) is 36.0 Å². The molecule has 2 aromatic rings. The van der Waals surface area contributed by atoms with Gasteiger partial charge in [0.15, 0.2) is 0 Å². The number of aryl methyl sites for hydroxylation is 2.